The van der Waals surface area contributed by atoms with Crippen LogP contribution in [0.3, 0.4) is 0 Å². The molecular weight excluding hydrogens is 294 g/mol. The van der Waals surface area contributed by atoms with Gasteiger partial charge in [-0.25, -0.2) is 0 Å². The maximum Gasteiger partial charge on any atom is 0.222 e. The smallest absolute Gasteiger partial charge is 0.222 e. The third-order valence-corrected chi connectivity index (χ3v) is 5.06. The highest BCUT2D eigenvalue weighted by molar-refractivity contribution is 9.09. The summed E-state index contributed by atoms with van der Waals surface area (Å²) in [6.07, 6.45) is 5.73. The first-order valence-corrected chi connectivity index (χ1v) is 8.30. The Morgan fingerprint density at radius 1 is 1.39 bits per heavy atom. The number of carbonyl (C=O) groups is 1. The van der Waals surface area contributed by atoms with Crippen LogP contribution in [0.2, 0.25) is 0 Å². The first kappa shape index (κ1) is 14.3. The fourth-order valence-corrected chi connectivity index (χ4v) is 3.54. The third-order valence-electron chi connectivity index (χ3n) is 4.15. The van der Waals surface area contributed by atoms with E-state index in [9.17, 15) is 4.79 Å². The molecule has 4 heteroatoms. The molecule has 0 bridgehead atoms. The fourth-order valence-electron chi connectivity index (χ4n) is 3.01. The number of nitrogens with zero attached hydrogens (tertiary/aromatic N) is 1. The summed E-state index contributed by atoms with van der Waals surface area (Å²) < 4.78 is 5.54. The van der Waals surface area contributed by atoms with E-state index >= 15 is 0 Å². The van der Waals surface area contributed by atoms with Crippen LogP contribution in [0.4, 0.5) is 0 Å². The molecule has 1 saturated heterocycles. The topological polar surface area (TPSA) is 29.5 Å². The minimum absolute atomic E-state index is 0.362. The van der Waals surface area contributed by atoms with Crippen LogP contribution in [0.5, 0.6) is 0 Å². The average Bonchev–Trinajstić information content (AvgIpc) is 2.36. The number of ether oxygens (including phenoxy) is 1. The summed E-state index contributed by atoms with van der Waals surface area (Å²) in [5.74, 6) is 1.58. The Kier molecular flexibility index (Phi) is 5.49. The number of hydrogen-bond acceptors (Lipinski definition) is 2. The van der Waals surface area contributed by atoms with Crippen LogP contribution in [0.15, 0.2) is 0 Å². The molecule has 0 spiro atoms. The van der Waals surface area contributed by atoms with Crippen molar-refractivity contribution in [1.82, 2.24) is 4.90 Å². The second-order valence-corrected chi connectivity index (χ2v) is 6.27. The maximum absolute atomic E-state index is 12.2. The molecule has 1 saturated carbocycles. The zero-order chi connectivity index (χ0) is 13.0. The lowest BCUT2D eigenvalue weighted by Crippen LogP contribution is -2.43. The van der Waals surface area contributed by atoms with Crippen LogP contribution < -0.4 is 0 Å². The van der Waals surface area contributed by atoms with Crippen molar-refractivity contribution in [3.05, 3.63) is 0 Å². The van der Waals surface area contributed by atoms with Gasteiger partial charge in [0.05, 0.1) is 6.10 Å². The summed E-state index contributed by atoms with van der Waals surface area (Å²) >= 11 is 3.53. The van der Waals surface area contributed by atoms with E-state index in [4.69, 9.17) is 4.74 Å². The van der Waals surface area contributed by atoms with Crippen molar-refractivity contribution in [2.24, 2.45) is 11.8 Å². The van der Waals surface area contributed by atoms with Crippen molar-refractivity contribution < 1.29 is 9.53 Å². The predicted octanol–water partition coefficient (Wildman–Crippen LogP) is 2.83. The summed E-state index contributed by atoms with van der Waals surface area (Å²) in [6, 6.07) is 0. The van der Waals surface area contributed by atoms with E-state index in [0.717, 1.165) is 50.7 Å². The van der Waals surface area contributed by atoms with Gasteiger partial charge in [-0.3, -0.25) is 4.79 Å². The molecule has 1 aliphatic carbocycles. The minimum Gasteiger partial charge on any atom is -0.378 e. The lowest BCUT2D eigenvalue weighted by atomic mass is 9.79. The SMILES string of the molecule is CCOC1CC(CC(=O)N2CCCC(CBr)C2)C1. The second-order valence-electron chi connectivity index (χ2n) is 5.62. The Hall–Kier alpha value is -0.0900. The van der Waals surface area contributed by atoms with Gasteiger partial charge in [-0.05, 0) is 44.4 Å². The predicted molar refractivity (Wildman–Crippen MR) is 75.9 cm³/mol. The highest BCUT2D eigenvalue weighted by Crippen LogP contribution is 2.33. The highest BCUT2D eigenvalue weighted by Gasteiger charge is 2.33. The van der Waals surface area contributed by atoms with Crippen LogP contribution in [0.25, 0.3) is 0 Å². The number of piperidine rings is 1. The number of halogens is 1. The van der Waals surface area contributed by atoms with Gasteiger partial charge in [-0.2, -0.15) is 0 Å². The number of alkyl halides is 1. The van der Waals surface area contributed by atoms with E-state index in [0.29, 0.717) is 23.8 Å². The van der Waals surface area contributed by atoms with Gasteiger partial charge in [0.25, 0.3) is 0 Å². The molecular formula is C14H24BrNO2. The van der Waals surface area contributed by atoms with Crippen molar-refractivity contribution in [2.45, 2.75) is 45.1 Å². The number of likely N-dealkylation sites (tertiary alicyclic amines) is 1. The lowest BCUT2D eigenvalue weighted by molar-refractivity contribution is -0.136. The van der Waals surface area contributed by atoms with Crippen molar-refractivity contribution in [3.63, 3.8) is 0 Å². The third kappa shape index (κ3) is 3.70. The number of carbonyl (C=O) groups excluding carboxylic acids is 1. The van der Waals surface area contributed by atoms with Gasteiger partial charge in [0, 0.05) is 31.4 Å². The van der Waals surface area contributed by atoms with E-state index in [2.05, 4.69) is 20.8 Å². The Morgan fingerprint density at radius 3 is 2.83 bits per heavy atom. The van der Waals surface area contributed by atoms with Crippen molar-refractivity contribution in [2.75, 3.05) is 25.0 Å². The standard InChI is InChI=1S/C14H24BrNO2/c1-2-18-13-6-12(7-13)8-14(17)16-5-3-4-11(9-15)10-16/h11-13H,2-10H2,1H3. The molecule has 3 nitrogen and oxygen atoms in total. The Morgan fingerprint density at radius 2 is 2.17 bits per heavy atom. The van der Waals surface area contributed by atoms with E-state index in [1.165, 1.54) is 6.42 Å². The summed E-state index contributed by atoms with van der Waals surface area (Å²) in [5.41, 5.74) is 0. The lowest BCUT2D eigenvalue weighted by Gasteiger charge is -2.37. The molecule has 18 heavy (non-hydrogen) atoms. The number of rotatable bonds is 5. The molecule has 104 valence electrons. The Bertz CT molecular complexity index is 279. The number of amides is 1. The van der Waals surface area contributed by atoms with E-state index < -0.39 is 0 Å². The van der Waals surface area contributed by atoms with E-state index in [1.807, 2.05) is 6.92 Å². The monoisotopic (exact) mass is 317 g/mol. The zero-order valence-electron chi connectivity index (χ0n) is 11.2. The highest BCUT2D eigenvalue weighted by atomic mass is 79.9. The second kappa shape index (κ2) is 6.90. The van der Waals surface area contributed by atoms with Crippen LogP contribution in [-0.2, 0) is 9.53 Å². The van der Waals surface area contributed by atoms with Crippen LogP contribution in [-0.4, -0.2) is 41.9 Å². The molecule has 2 rings (SSSR count). The normalized spacial score (nSPS) is 32.1. The van der Waals surface area contributed by atoms with Gasteiger partial charge in [0.1, 0.15) is 0 Å². The summed E-state index contributed by atoms with van der Waals surface area (Å²) in [4.78, 5) is 14.3. The molecule has 2 fully saturated rings. The quantitative estimate of drug-likeness (QED) is 0.730. The molecule has 1 heterocycles. The first-order valence-electron chi connectivity index (χ1n) is 7.18. The fraction of sp³-hybridized carbons (Fsp3) is 0.929. The van der Waals surface area contributed by atoms with E-state index in [1.54, 1.807) is 0 Å². The molecule has 0 aromatic carbocycles. The van der Waals surface area contributed by atoms with E-state index in [-0.39, 0.29) is 0 Å². The molecule has 2 aliphatic rings. The Labute approximate surface area is 118 Å². The van der Waals surface area contributed by atoms with Crippen LogP contribution in [0.1, 0.15) is 39.0 Å². The molecule has 0 N–H and O–H groups in total. The van der Waals surface area contributed by atoms with Gasteiger partial charge in [-0.15, -0.1) is 0 Å². The molecule has 1 amide bonds. The number of hydrogen-bond donors (Lipinski definition) is 0. The first-order chi connectivity index (χ1) is 8.72. The molecule has 1 atom stereocenters. The molecule has 1 aliphatic heterocycles. The summed E-state index contributed by atoms with van der Waals surface area (Å²) in [6.45, 7) is 4.74. The minimum atomic E-state index is 0.362. The van der Waals surface area contributed by atoms with Gasteiger partial charge in [0.2, 0.25) is 5.91 Å². The molecule has 0 aromatic heterocycles. The molecule has 0 radical (unpaired) electrons. The average molecular weight is 318 g/mol. The maximum atomic E-state index is 12.2. The van der Waals surface area contributed by atoms with Crippen LogP contribution >= 0.6 is 15.9 Å². The molecule has 1 unspecified atom stereocenters. The van der Waals surface area contributed by atoms with Crippen molar-refractivity contribution >= 4 is 21.8 Å². The largest absolute Gasteiger partial charge is 0.378 e. The van der Waals surface area contributed by atoms with Crippen LogP contribution in [0, 0.1) is 11.8 Å². The Balaban J connectivity index is 1.69. The summed E-state index contributed by atoms with van der Waals surface area (Å²) in [7, 11) is 0. The van der Waals surface area contributed by atoms with Gasteiger partial charge < -0.3 is 9.64 Å². The zero-order valence-corrected chi connectivity index (χ0v) is 12.8. The van der Waals surface area contributed by atoms with Gasteiger partial charge in [0.15, 0.2) is 0 Å². The van der Waals surface area contributed by atoms with Crippen molar-refractivity contribution in [1.29, 1.82) is 0 Å². The van der Waals surface area contributed by atoms with Gasteiger partial charge >= 0.3 is 0 Å². The van der Waals surface area contributed by atoms with Gasteiger partial charge in [-0.1, -0.05) is 15.9 Å². The van der Waals surface area contributed by atoms with Crippen molar-refractivity contribution in [3.8, 4) is 0 Å². The summed E-state index contributed by atoms with van der Waals surface area (Å²) in [5, 5.41) is 1.02. The molecule has 0 aromatic rings.